The molecule has 0 heterocycles. The van der Waals surface area contributed by atoms with E-state index in [1.165, 1.54) is 6.07 Å². The van der Waals surface area contributed by atoms with Crippen LogP contribution in [0, 0.1) is 18.3 Å². The van der Waals surface area contributed by atoms with Crippen molar-refractivity contribution < 1.29 is 9.90 Å². The van der Waals surface area contributed by atoms with Crippen LogP contribution in [-0.2, 0) is 5.88 Å². The van der Waals surface area contributed by atoms with E-state index in [1.54, 1.807) is 13.0 Å². The minimum absolute atomic E-state index is 0.149. The molecule has 0 fully saturated rings. The van der Waals surface area contributed by atoms with Gasteiger partial charge in [0.1, 0.15) is 0 Å². The highest BCUT2D eigenvalue weighted by molar-refractivity contribution is 6.17. The van der Waals surface area contributed by atoms with Crippen LogP contribution in [0.3, 0.4) is 0 Å². The SMILES string of the molecule is Cc1c(C(=O)O)ccc(CCl)c1C#N. The first kappa shape index (κ1) is 10.6. The Morgan fingerprint density at radius 2 is 2.29 bits per heavy atom. The first-order valence-corrected chi connectivity index (χ1v) is 4.47. The Morgan fingerprint density at radius 3 is 2.71 bits per heavy atom. The predicted octanol–water partition coefficient (Wildman–Crippen LogP) is 2.30. The Bertz CT molecular complexity index is 421. The van der Waals surface area contributed by atoms with Crippen LogP contribution in [0.15, 0.2) is 12.1 Å². The highest BCUT2D eigenvalue weighted by Gasteiger charge is 2.13. The number of alkyl halides is 1. The van der Waals surface area contributed by atoms with Crippen molar-refractivity contribution >= 4 is 17.6 Å². The third-order valence-corrected chi connectivity index (χ3v) is 2.33. The minimum atomic E-state index is -1.03. The van der Waals surface area contributed by atoms with Crippen molar-refractivity contribution in [3.8, 4) is 6.07 Å². The van der Waals surface area contributed by atoms with Crippen LogP contribution in [0.2, 0.25) is 0 Å². The smallest absolute Gasteiger partial charge is 0.335 e. The lowest BCUT2D eigenvalue weighted by Crippen LogP contribution is -2.03. The molecule has 1 aromatic carbocycles. The zero-order chi connectivity index (χ0) is 10.7. The molecule has 0 aromatic heterocycles. The number of aromatic carboxylic acids is 1. The molecule has 1 aromatic rings. The van der Waals surface area contributed by atoms with Gasteiger partial charge in [0.2, 0.25) is 0 Å². The van der Waals surface area contributed by atoms with Crippen molar-refractivity contribution in [2.24, 2.45) is 0 Å². The van der Waals surface area contributed by atoms with Crippen molar-refractivity contribution in [2.45, 2.75) is 12.8 Å². The molecule has 0 amide bonds. The maximum atomic E-state index is 10.7. The van der Waals surface area contributed by atoms with Gasteiger partial charge in [-0.1, -0.05) is 6.07 Å². The number of nitriles is 1. The van der Waals surface area contributed by atoms with Gasteiger partial charge in [0, 0.05) is 5.88 Å². The molecule has 1 N–H and O–H groups in total. The highest BCUT2D eigenvalue weighted by Crippen LogP contribution is 2.19. The monoisotopic (exact) mass is 209 g/mol. The van der Waals surface area contributed by atoms with Crippen LogP contribution in [0.4, 0.5) is 0 Å². The normalized spacial score (nSPS) is 9.50. The lowest BCUT2D eigenvalue weighted by Gasteiger charge is -2.06. The fourth-order valence-electron chi connectivity index (χ4n) is 1.27. The van der Waals surface area contributed by atoms with Crippen molar-refractivity contribution in [2.75, 3.05) is 0 Å². The van der Waals surface area contributed by atoms with Gasteiger partial charge in [-0.25, -0.2) is 4.79 Å². The molecular formula is C10H8ClNO2. The summed E-state index contributed by atoms with van der Waals surface area (Å²) >= 11 is 5.62. The van der Waals surface area contributed by atoms with Gasteiger partial charge in [0.25, 0.3) is 0 Å². The second-order valence-corrected chi connectivity index (χ2v) is 3.09. The van der Waals surface area contributed by atoms with Gasteiger partial charge in [-0.2, -0.15) is 5.26 Å². The van der Waals surface area contributed by atoms with E-state index in [0.29, 0.717) is 16.7 Å². The van der Waals surface area contributed by atoms with Gasteiger partial charge in [-0.05, 0) is 24.1 Å². The van der Waals surface area contributed by atoms with E-state index in [1.807, 2.05) is 6.07 Å². The van der Waals surface area contributed by atoms with Gasteiger partial charge in [0.05, 0.1) is 17.2 Å². The number of nitrogens with zero attached hydrogens (tertiary/aromatic N) is 1. The molecule has 0 atom stereocenters. The van der Waals surface area contributed by atoms with E-state index in [0.717, 1.165) is 0 Å². The molecule has 1 rings (SSSR count). The number of carboxylic acid groups (broad SMARTS) is 1. The fourth-order valence-corrected chi connectivity index (χ4v) is 1.49. The number of rotatable bonds is 2. The summed E-state index contributed by atoms with van der Waals surface area (Å²) in [4.78, 5) is 10.7. The van der Waals surface area contributed by atoms with Gasteiger partial charge in [-0.15, -0.1) is 11.6 Å². The fraction of sp³-hybridized carbons (Fsp3) is 0.200. The van der Waals surface area contributed by atoms with E-state index in [4.69, 9.17) is 22.0 Å². The molecule has 0 radical (unpaired) electrons. The Balaban J connectivity index is 3.44. The largest absolute Gasteiger partial charge is 0.478 e. The van der Waals surface area contributed by atoms with Crippen LogP contribution >= 0.6 is 11.6 Å². The summed E-state index contributed by atoms with van der Waals surface area (Å²) in [5, 5.41) is 17.6. The zero-order valence-corrected chi connectivity index (χ0v) is 8.30. The first-order valence-electron chi connectivity index (χ1n) is 3.93. The average molecular weight is 210 g/mol. The molecule has 0 aliphatic heterocycles. The molecule has 3 nitrogen and oxygen atoms in total. The van der Waals surface area contributed by atoms with Crippen LogP contribution < -0.4 is 0 Å². The molecule has 0 aliphatic carbocycles. The lowest BCUT2D eigenvalue weighted by atomic mass is 9.99. The topological polar surface area (TPSA) is 61.1 Å². The third-order valence-electron chi connectivity index (χ3n) is 2.04. The molecule has 4 heteroatoms. The molecule has 72 valence electrons. The maximum absolute atomic E-state index is 10.7. The van der Waals surface area contributed by atoms with Gasteiger partial charge < -0.3 is 5.11 Å². The summed E-state index contributed by atoms with van der Waals surface area (Å²) in [5.74, 6) is -0.816. The maximum Gasteiger partial charge on any atom is 0.335 e. The standard InChI is InChI=1S/C10H8ClNO2/c1-6-8(10(13)14)3-2-7(4-11)9(6)5-12/h2-3H,4H2,1H3,(H,13,14). The Hall–Kier alpha value is -1.53. The van der Waals surface area contributed by atoms with Gasteiger partial charge >= 0.3 is 5.97 Å². The lowest BCUT2D eigenvalue weighted by molar-refractivity contribution is 0.0696. The predicted molar refractivity (Wildman–Crippen MR) is 52.4 cm³/mol. The Morgan fingerprint density at radius 1 is 1.64 bits per heavy atom. The van der Waals surface area contributed by atoms with E-state index < -0.39 is 5.97 Å². The molecular weight excluding hydrogens is 202 g/mol. The first-order chi connectivity index (χ1) is 6.61. The van der Waals surface area contributed by atoms with Crippen molar-refractivity contribution in [3.05, 3.63) is 34.4 Å². The quantitative estimate of drug-likeness (QED) is 0.761. The summed E-state index contributed by atoms with van der Waals surface area (Å²) in [5.41, 5.74) is 1.64. The number of hydrogen-bond donors (Lipinski definition) is 1. The minimum Gasteiger partial charge on any atom is -0.478 e. The summed E-state index contributed by atoms with van der Waals surface area (Å²) in [6.45, 7) is 1.61. The third kappa shape index (κ3) is 1.70. The van der Waals surface area contributed by atoms with E-state index in [-0.39, 0.29) is 11.4 Å². The molecule has 0 aliphatic rings. The molecule has 0 saturated carbocycles. The number of halogens is 1. The number of carbonyl (C=O) groups is 1. The number of carboxylic acids is 1. The van der Waals surface area contributed by atoms with Crippen molar-refractivity contribution in [1.82, 2.24) is 0 Å². The zero-order valence-electron chi connectivity index (χ0n) is 7.54. The second-order valence-electron chi connectivity index (χ2n) is 2.82. The van der Waals surface area contributed by atoms with Crippen molar-refractivity contribution in [1.29, 1.82) is 5.26 Å². The molecule has 14 heavy (non-hydrogen) atoms. The number of hydrogen-bond acceptors (Lipinski definition) is 2. The van der Waals surface area contributed by atoms with Crippen LogP contribution in [0.25, 0.3) is 0 Å². The summed E-state index contributed by atoms with van der Waals surface area (Å²) < 4.78 is 0. The van der Waals surface area contributed by atoms with Crippen LogP contribution in [0.1, 0.15) is 27.0 Å². The average Bonchev–Trinajstić information content (AvgIpc) is 2.16. The molecule has 0 unspecified atom stereocenters. The van der Waals surface area contributed by atoms with E-state index >= 15 is 0 Å². The van der Waals surface area contributed by atoms with Gasteiger partial charge in [0.15, 0.2) is 0 Å². The molecule has 0 spiro atoms. The molecule has 0 bridgehead atoms. The van der Waals surface area contributed by atoms with E-state index in [2.05, 4.69) is 0 Å². The Labute approximate surface area is 86.5 Å². The van der Waals surface area contributed by atoms with Crippen molar-refractivity contribution in [3.63, 3.8) is 0 Å². The van der Waals surface area contributed by atoms with Crippen LogP contribution in [0.5, 0.6) is 0 Å². The Kier molecular flexibility index (Phi) is 3.10. The second kappa shape index (κ2) is 4.12. The molecule has 0 saturated heterocycles. The van der Waals surface area contributed by atoms with Gasteiger partial charge in [-0.3, -0.25) is 0 Å². The summed E-state index contributed by atoms with van der Waals surface area (Å²) in [6.07, 6.45) is 0. The summed E-state index contributed by atoms with van der Waals surface area (Å²) in [7, 11) is 0. The highest BCUT2D eigenvalue weighted by atomic mass is 35.5. The van der Waals surface area contributed by atoms with Crippen LogP contribution in [-0.4, -0.2) is 11.1 Å². The van der Waals surface area contributed by atoms with E-state index in [9.17, 15) is 4.79 Å². The number of benzene rings is 1. The summed E-state index contributed by atoms with van der Waals surface area (Å²) in [6, 6.07) is 5.00.